The Morgan fingerprint density at radius 3 is 1.94 bits per heavy atom. The second kappa shape index (κ2) is 14.8. The van der Waals surface area contributed by atoms with Crippen molar-refractivity contribution in [3.8, 4) is 11.5 Å². The molecule has 0 unspecified atom stereocenters. The predicted molar refractivity (Wildman–Crippen MR) is 136 cm³/mol. The third-order valence-corrected chi connectivity index (χ3v) is 6.77. The van der Waals surface area contributed by atoms with Gasteiger partial charge in [-0.3, -0.25) is 0 Å². The van der Waals surface area contributed by atoms with Gasteiger partial charge in [0.1, 0.15) is 11.5 Å². The molecule has 3 nitrogen and oxygen atoms in total. The molecule has 0 aliphatic heterocycles. The molecule has 0 aromatic heterocycles. The molecule has 1 aliphatic carbocycles. The van der Waals surface area contributed by atoms with Gasteiger partial charge in [-0.1, -0.05) is 89.7 Å². The van der Waals surface area contributed by atoms with E-state index >= 15 is 0 Å². The van der Waals surface area contributed by atoms with E-state index in [4.69, 9.17) is 9.47 Å². The van der Waals surface area contributed by atoms with Crippen molar-refractivity contribution in [3.63, 3.8) is 0 Å². The second-order valence-corrected chi connectivity index (χ2v) is 9.49. The fourth-order valence-electron chi connectivity index (χ4n) is 4.70. The van der Waals surface area contributed by atoms with E-state index in [1.165, 1.54) is 89.0 Å². The van der Waals surface area contributed by atoms with Gasteiger partial charge in [-0.2, -0.15) is 0 Å². The van der Waals surface area contributed by atoms with Crippen molar-refractivity contribution in [2.24, 2.45) is 0 Å². The Balaban J connectivity index is 1.32. The van der Waals surface area contributed by atoms with Gasteiger partial charge < -0.3 is 9.47 Å². The third-order valence-electron chi connectivity index (χ3n) is 6.77. The quantitative estimate of drug-likeness (QED) is 0.164. The molecule has 1 saturated carbocycles. The van der Waals surface area contributed by atoms with Crippen molar-refractivity contribution in [1.82, 2.24) is 0 Å². The highest BCUT2D eigenvalue weighted by atomic mass is 16.5. The molecule has 180 valence electrons. The van der Waals surface area contributed by atoms with Crippen LogP contribution in [0.15, 0.2) is 48.5 Å². The second-order valence-electron chi connectivity index (χ2n) is 9.49. The average Bonchev–Trinajstić information content (AvgIpc) is 2.86. The SMILES string of the molecule is CCCCCCCCCCCOc1ccc(C(=O)Oc2ccc(C3CCCCC3)cc2)cc1. The molecular weight excluding hydrogens is 408 g/mol. The number of carbonyl (C=O) groups excluding carboxylic acids is 1. The number of hydrogen-bond acceptors (Lipinski definition) is 3. The Morgan fingerprint density at radius 2 is 1.30 bits per heavy atom. The molecule has 1 aliphatic rings. The lowest BCUT2D eigenvalue weighted by atomic mass is 9.84. The van der Waals surface area contributed by atoms with Crippen LogP contribution in [-0.4, -0.2) is 12.6 Å². The summed E-state index contributed by atoms with van der Waals surface area (Å²) in [5.74, 6) is 1.74. The minimum absolute atomic E-state index is 0.328. The molecule has 0 spiro atoms. The van der Waals surface area contributed by atoms with E-state index in [1.807, 2.05) is 24.3 Å². The lowest BCUT2D eigenvalue weighted by Gasteiger charge is -2.22. The number of hydrogen-bond donors (Lipinski definition) is 0. The summed E-state index contributed by atoms with van der Waals surface area (Å²) < 4.78 is 11.4. The average molecular weight is 451 g/mol. The smallest absolute Gasteiger partial charge is 0.343 e. The zero-order chi connectivity index (χ0) is 23.1. The lowest BCUT2D eigenvalue weighted by Crippen LogP contribution is -2.09. The first-order valence-corrected chi connectivity index (χ1v) is 13.3. The van der Waals surface area contributed by atoms with Gasteiger partial charge in [0.05, 0.1) is 12.2 Å². The van der Waals surface area contributed by atoms with Crippen LogP contribution < -0.4 is 9.47 Å². The lowest BCUT2D eigenvalue weighted by molar-refractivity contribution is 0.0734. The Kier molecular flexibility index (Phi) is 11.3. The molecule has 0 heterocycles. The Morgan fingerprint density at radius 1 is 0.727 bits per heavy atom. The molecule has 2 aromatic carbocycles. The van der Waals surface area contributed by atoms with Crippen LogP contribution in [0.2, 0.25) is 0 Å². The first-order valence-electron chi connectivity index (χ1n) is 13.3. The summed E-state index contributed by atoms with van der Waals surface area (Å²) in [7, 11) is 0. The largest absolute Gasteiger partial charge is 0.494 e. The van der Waals surface area contributed by atoms with Crippen LogP contribution in [0.5, 0.6) is 11.5 Å². The van der Waals surface area contributed by atoms with Gasteiger partial charge >= 0.3 is 5.97 Å². The zero-order valence-electron chi connectivity index (χ0n) is 20.5. The summed E-state index contributed by atoms with van der Waals surface area (Å²) in [4.78, 5) is 12.5. The number of benzene rings is 2. The maximum absolute atomic E-state index is 12.5. The highest BCUT2D eigenvalue weighted by molar-refractivity contribution is 5.91. The van der Waals surface area contributed by atoms with E-state index in [1.54, 1.807) is 12.1 Å². The van der Waals surface area contributed by atoms with E-state index in [0.29, 0.717) is 17.2 Å². The molecule has 0 bridgehead atoms. The molecule has 0 saturated heterocycles. The van der Waals surface area contributed by atoms with E-state index in [-0.39, 0.29) is 5.97 Å². The van der Waals surface area contributed by atoms with Gasteiger partial charge in [0.15, 0.2) is 0 Å². The van der Waals surface area contributed by atoms with E-state index in [0.717, 1.165) is 18.8 Å². The van der Waals surface area contributed by atoms with Gasteiger partial charge in [-0.05, 0) is 67.1 Å². The minimum atomic E-state index is -0.328. The van der Waals surface area contributed by atoms with Crippen molar-refractivity contribution in [2.75, 3.05) is 6.61 Å². The van der Waals surface area contributed by atoms with Crippen LogP contribution >= 0.6 is 0 Å². The zero-order valence-corrected chi connectivity index (χ0v) is 20.5. The van der Waals surface area contributed by atoms with E-state index in [2.05, 4.69) is 19.1 Å². The summed E-state index contributed by atoms with van der Waals surface area (Å²) in [5.41, 5.74) is 1.91. The molecule has 0 amide bonds. The van der Waals surface area contributed by atoms with Crippen molar-refractivity contribution < 1.29 is 14.3 Å². The highest BCUT2D eigenvalue weighted by Gasteiger charge is 2.16. The Labute approximate surface area is 200 Å². The summed E-state index contributed by atoms with van der Waals surface area (Å²) in [6, 6.07) is 15.3. The first kappa shape index (κ1) is 25.3. The minimum Gasteiger partial charge on any atom is -0.494 e. The fraction of sp³-hybridized carbons (Fsp3) is 0.567. The summed E-state index contributed by atoms with van der Waals surface area (Å²) in [5, 5.41) is 0. The molecule has 3 heteroatoms. The maximum Gasteiger partial charge on any atom is 0.343 e. The predicted octanol–water partition coefficient (Wildman–Crippen LogP) is 8.86. The summed E-state index contributed by atoms with van der Waals surface area (Å²) in [6.07, 6.45) is 18.3. The first-order chi connectivity index (χ1) is 16.3. The number of ether oxygens (including phenoxy) is 2. The monoisotopic (exact) mass is 450 g/mol. The Bertz CT molecular complexity index is 788. The number of unbranched alkanes of at least 4 members (excludes halogenated alkanes) is 8. The fourth-order valence-corrected chi connectivity index (χ4v) is 4.70. The summed E-state index contributed by atoms with van der Waals surface area (Å²) >= 11 is 0. The van der Waals surface area contributed by atoms with Gasteiger partial charge in [0.25, 0.3) is 0 Å². The maximum atomic E-state index is 12.5. The van der Waals surface area contributed by atoms with Crippen molar-refractivity contribution in [1.29, 1.82) is 0 Å². The molecular formula is C30H42O3. The topological polar surface area (TPSA) is 35.5 Å². The third kappa shape index (κ3) is 9.23. The van der Waals surface area contributed by atoms with Gasteiger partial charge in [0.2, 0.25) is 0 Å². The van der Waals surface area contributed by atoms with Crippen LogP contribution in [0, 0.1) is 0 Å². The number of carbonyl (C=O) groups is 1. The van der Waals surface area contributed by atoms with E-state index < -0.39 is 0 Å². The van der Waals surface area contributed by atoms with Gasteiger partial charge in [-0.15, -0.1) is 0 Å². The molecule has 0 radical (unpaired) electrons. The van der Waals surface area contributed by atoms with Gasteiger partial charge in [-0.25, -0.2) is 4.79 Å². The van der Waals surface area contributed by atoms with Crippen LogP contribution in [0.25, 0.3) is 0 Å². The molecule has 33 heavy (non-hydrogen) atoms. The normalized spacial score (nSPS) is 14.2. The van der Waals surface area contributed by atoms with Crippen molar-refractivity contribution in [2.45, 2.75) is 103 Å². The van der Waals surface area contributed by atoms with Crippen molar-refractivity contribution in [3.05, 3.63) is 59.7 Å². The number of rotatable bonds is 14. The van der Waals surface area contributed by atoms with Crippen molar-refractivity contribution >= 4 is 5.97 Å². The van der Waals surface area contributed by atoms with Crippen LogP contribution in [0.4, 0.5) is 0 Å². The number of esters is 1. The molecule has 0 atom stereocenters. The summed E-state index contributed by atoms with van der Waals surface area (Å²) in [6.45, 7) is 2.99. The Hall–Kier alpha value is -2.29. The van der Waals surface area contributed by atoms with Crippen LogP contribution in [-0.2, 0) is 0 Å². The molecule has 1 fully saturated rings. The molecule has 2 aromatic rings. The van der Waals surface area contributed by atoms with Crippen LogP contribution in [0.3, 0.4) is 0 Å². The molecule has 0 N–H and O–H groups in total. The van der Waals surface area contributed by atoms with Gasteiger partial charge in [0, 0.05) is 0 Å². The highest BCUT2D eigenvalue weighted by Crippen LogP contribution is 2.33. The van der Waals surface area contributed by atoms with E-state index in [9.17, 15) is 4.79 Å². The van der Waals surface area contributed by atoms with Crippen LogP contribution in [0.1, 0.15) is 119 Å². The molecule has 3 rings (SSSR count). The standard InChI is InChI=1S/C30H42O3/c1-2-3-4-5-6-7-8-9-13-24-32-28-20-18-27(19-21-28)30(31)33-29-22-16-26(17-23-29)25-14-11-10-12-15-25/h16-23,25H,2-15,24H2,1H3.